The maximum atomic E-state index is 12.4. The molecular formula is C15H25N2O6P. The molecule has 1 aromatic heterocycles. The molecule has 1 aliphatic carbocycles. The van der Waals surface area contributed by atoms with E-state index in [1.807, 2.05) is 0 Å². The van der Waals surface area contributed by atoms with E-state index in [1.165, 1.54) is 0 Å². The summed E-state index contributed by atoms with van der Waals surface area (Å²) < 4.78 is 30.1. The Hall–Kier alpha value is -1.21. The Morgan fingerprint density at radius 2 is 1.92 bits per heavy atom. The molecule has 1 N–H and O–H groups in total. The predicted octanol–water partition coefficient (Wildman–Crippen LogP) is 2.18. The molecule has 0 aliphatic heterocycles. The van der Waals surface area contributed by atoms with Crippen molar-refractivity contribution in [1.82, 2.24) is 9.55 Å². The number of nitrogens with one attached hydrogen (secondary N) is 1. The van der Waals surface area contributed by atoms with Gasteiger partial charge in [0.25, 0.3) is 5.56 Å². The second kappa shape index (κ2) is 8.25. The van der Waals surface area contributed by atoms with Gasteiger partial charge in [0.15, 0.2) is 0 Å². The first-order valence-corrected chi connectivity index (χ1v) is 9.93. The lowest BCUT2D eigenvalue weighted by Crippen LogP contribution is -2.32. The van der Waals surface area contributed by atoms with Crippen LogP contribution in [0.25, 0.3) is 0 Å². The minimum absolute atomic E-state index is 0.0448. The molecule has 2 atom stereocenters. The topological polar surface area (TPSA) is 99.6 Å². The number of aryl methyl sites for hydroxylation is 1. The predicted molar refractivity (Wildman–Crippen MR) is 89.5 cm³/mol. The Kier molecular flexibility index (Phi) is 6.57. The van der Waals surface area contributed by atoms with Gasteiger partial charge in [-0.3, -0.25) is 18.9 Å². The van der Waals surface area contributed by atoms with Crippen LogP contribution < -0.4 is 11.2 Å². The van der Waals surface area contributed by atoms with Crippen LogP contribution in [0.4, 0.5) is 0 Å². The first kappa shape index (κ1) is 19.1. The summed E-state index contributed by atoms with van der Waals surface area (Å²) in [5.41, 5.74) is -0.280. The molecule has 0 amide bonds. The van der Waals surface area contributed by atoms with Crippen LogP contribution in [0.1, 0.15) is 44.7 Å². The summed E-state index contributed by atoms with van der Waals surface area (Å²) in [6, 6.07) is -0.0448. The number of ether oxygens (including phenoxy) is 1. The molecule has 1 aliphatic rings. The third-order valence-electron chi connectivity index (χ3n) is 4.02. The molecular weight excluding hydrogens is 335 g/mol. The average molecular weight is 360 g/mol. The maximum Gasteiger partial charge on any atom is 0.356 e. The molecule has 1 saturated carbocycles. The molecule has 136 valence electrons. The van der Waals surface area contributed by atoms with Gasteiger partial charge in [-0.2, -0.15) is 0 Å². The summed E-state index contributed by atoms with van der Waals surface area (Å²) in [6.07, 6.45) is 3.48. The number of aromatic amines is 1. The van der Waals surface area contributed by atoms with Crippen molar-refractivity contribution in [3.05, 3.63) is 32.6 Å². The first-order valence-electron chi connectivity index (χ1n) is 8.20. The highest BCUT2D eigenvalue weighted by Crippen LogP contribution is 2.48. The summed E-state index contributed by atoms with van der Waals surface area (Å²) in [6.45, 7) is 5.75. The summed E-state index contributed by atoms with van der Waals surface area (Å²) >= 11 is 0. The third kappa shape index (κ3) is 4.66. The van der Waals surface area contributed by atoms with Gasteiger partial charge in [-0.15, -0.1) is 0 Å². The molecule has 2 unspecified atom stereocenters. The molecule has 0 radical (unpaired) electrons. The fraction of sp³-hybridized carbons (Fsp3) is 0.733. The quantitative estimate of drug-likeness (QED) is 0.713. The van der Waals surface area contributed by atoms with E-state index in [9.17, 15) is 14.2 Å². The molecule has 24 heavy (non-hydrogen) atoms. The van der Waals surface area contributed by atoms with E-state index in [0.717, 1.165) is 12.8 Å². The lowest BCUT2D eigenvalue weighted by molar-refractivity contribution is 0.0681. The minimum atomic E-state index is -3.23. The van der Waals surface area contributed by atoms with Crippen LogP contribution >= 0.6 is 7.60 Å². The number of aromatic nitrogens is 2. The van der Waals surface area contributed by atoms with Crippen molar-refractivity contribution in [3.8, 4) is 0 Å². The Bertz CT molecular complexity index is 703. The highest BCUT2D eigenvalue weighted by Gasteiger charge is 2.31. The van der Waals surface area contributed by atoms with Crippen molar-refractivity contribution in [2.45, 2.75) is 52.2 Å². The van der Waals surface area contributed by atoms with Gasteiger partial charge in [0, 0.05) is 17.8 Å². The van der Waals surface area contributed by atoms with Crippen LogP contribution in [-0.2, 0) is 18.3 Å². The first-order chi connectivity index (χ1) is 11.4. The van der Waals surface area contributed by atoms with Crippen molar-refractivity contribution >= 4 is 7.60 Å². The molecule has 1 aromatic rings. The largest absolute Gasteiger partial charge is 0.365 e. The van der Waals surface area contributed by atoms with Gasteiger partial charge in [0.2, 0.25) is 0 Å². The van der Waals surface area contributed by atoms with E-state index in [4.69, 9.17) is 13.8 Å². The highest BCUT2D eigenvalue weighted by molar-refractivity contribution is 7.53. The van der Waals surface area contributed by atoms with Crippen LogP contribution in [0.15, 0.2) is 15.8 Å². The molecule has 1 fully saturated rings. The lowest BCUT2D eigenvalue weighted by Gasteiger charge is -2.20. The van der Waals surface area contributed by atoms with Crippen LogP contribution in [0, 0.1) is 6.92 Å². The van der Waals surface area contributed by atoms with Crippen molar-refractivity contribution in [2.75, 3.05) is 19.6 Å². The third-order valence-corrected chi connectivity index (χ3v) is 5.78. The van der Waals surface area contributed by atoms with Gasteiger partial charge in [0.05, 0.1) is 19.3 Å². The molecule has 0 saturated heterocycles. The minimum Gasteiger partial charge on any atom is -0.365 e. The lowest BCUT2D eigenvalue weighted by atomic mass is 10.2. The summed E-state index contributed by atoms with van der Waals surface area (Å²) in [7, 11) is -3.23. The Morgan fingerprint density at radius 1 is 1.25 bits per heavy atom. The summed E-state index contributed by atoms with van der Waals surface area (Å²) in [5.74, 6) is 0. The SMILES string of the molecule is CCOP(=O)(COC1CCC(n2cc(C)c(=O)[nH]c2=O)C1)OCC. The molecule has 9 heteroatoms. The summed E-state index contributed by atoms with van der Waals surface area (Å²) in [5, 5.41) is 0. The van der Waals surface area contributed by atoms with Crippen LogP contribution in [0.5, 0.6) is 0 Å². The zero-order valence-electron chi connectivity index (χ0n) is 14.3. The van der Waals surface area contributed by atoms with E-state index in [1.54, 1.807) is 31.5 Å². The van der Waals surface area contributed by atoms with Gasteiger partial charge in [-0.05, 0) is 40.0 Å². The van der Waals surface area contributed by atoms with Crippen LogP contribution in [-0.4, -0.2) is 35.2 Å². The average Bonchev–Trinajstić information content (AvgIpc) is 2.98. The molecule has 0 aromatic carbocycles. The number of hydrogen-bond acceptors (Lipinski definition) is 6. The van der Waals surface area contributed by atoms with Crippen LogP contribution in [0.3, 0.4) is 0 Å². The van der Waals surface area contributed by atoms with Crippen molar-refractivity contribution < 1.29 is 18.3 Å². The standard InChI is InChI=1S/C15H25N2O6P/c1-4-22-24(20,23-5-2)10-21-13-7-6-12(8-13)17-9-11(3)14(18)16-15(17)19/h9,12-13H,4-8,10H2,1-3H3,(H,16,18,19). The number of rotatable bonds is 8. The van der Waals surface area contributed by atoms with Gasteiger partial charge < -0.3 is 13.8 Å². The van der Waals surface area contributed by atoms with Gasteiger partial charge in [-0.1, -0.05) is 0 Å². The fourth-order valence-corrected chi connectivity index (χ4v) is 4.28. The summed E-state index contributed by atoms with van der Waals surface area (Å²) in [4.78, 5) is 25.7. The zero-order valence-corrected chi connectivity index (χ0v) is 15.2. The van der Waals surface area contributed by atoms with Crippen molar-refractivity contribution in [2.24, 2.45) is 0 Å². The maximum absolute atomic E-state index is 12.4. The number of nitrogens with zero attached hydrogens (tertiary/aromatic N) is 1. The van der Waals surface area contributed by atoms with Gasteiger partial charge in [-0.25, -0.2) is 4.79 Å². The second-order valence-corrected chi connectivity index (χ2v) is 7.81. The van der Waals surface area contributed by atoms with Crippen LogP contribution in [0.2, 0.25) is 0 Å². The Balaban J connectivity index is 1.98. The fourth-order valence-electron chi connectivity index (χ4n) is 2.88. The molecule has 0 bridgehead atoms. The smallest absolute Gasteiger partial charge is 0.356 e. The Labute approximate surface area is 140 Å². The van der Waals surface area contributed by atoms with E-state index in [0.29, 0.717) is 25.2 Å². The zero-order chi connectivity index (χ0) is 17.7. The molecule has 1 heterocycles. The second-order valence-electron chi connectivity index (χ2n) is 5.81. The van der Waals surface area contributed by atoms with E-state index in [-0.39, 0.29) is 24.1 Å². The monoisotopic (exact) mass is 360 g/mol. The number of H-pyrrole nitrogens is 1. The van der Waals surface area contributed by atoms with E-state index < -0.39 is 13.3 Å². The molecule has 2 rings (SSSR count). The normalized spacial score (nSPS) is 21.3. The van der Waals surface area contributed by atoms with Crippen molar-refractivity contribution in [1.29, 1.82) is 0 Å². The Morgan fingerprint density at radius 3 is 2.54 bits per heavy atom. The van der Waals surface area contributed by atoms with E-state index in [2.05, 4.69) is 4.98 Å². The van der Waals surface area contributed by atoms with E-state index >= 15 is 0 Å². The van der Waals surface area contributed by atoms with Gasteiger partial charge >= 0.3 is 13.3 Å². The number of hydrogen-bond donors (Lipinski definition) is 1. The highest BCUT2D eigenvalue weighted by atomic mass is 31.2. The van der Waals surface area contributed by atoms with Gasteiger partial charge in [0.1, 0.15) is 6.35 Å². The molecule has 8 nitrogen and oxygen atoms in total. The van der Waals surface area contributed by atoms with Crippen molar-refractivity contribution in [3.63, 3.8) is 0 Å². The molecule has 0 spiro atoms.